The first-order valence-electron chi connectivity index (χ1n) is 5.23. The second-order valence-corrected chi connectivity index (χ2v) is 3.60. The number of hydrogen-bond acceptors (Lipinski definition) is 2. The van der Waals surface area contributed by atoms with Gasteiger partial charge >= 0.3 is 0 Å². The molecule has 0 N–H and O–H groups in total. The van der Waals surface area contributed by atoms with E-state index in [1.165, 1.54) is 4.57 Å². The third-order valence-corrected chi connectivity index (χ3v) is 2.54. The van der Waals surface area contributed by atoms with Gasteiger partial charge in [0.15, 0.2) is 0 Å². The van der Waals surface area contributed by atoms with Gasteiger partial charge in [-0.15, -0.1) is 0 Å². The minimum atomic E-state index is -0.125. The lowest BCUT2D eigenvalue weighted by atomic mass is 10.1. The van der Waals surface area contributed by atoms with Crippen LogP contribution in [0.25, 0.3) is 5.57 Å². The second-order valence-electron chi connectivity index (χ2n) is 3.60. The Labute approximate surface area is 100.0 Å². The molecule has 0 saturated carbocycles. The number of nitrogens with zero attached hydrogens (tertiary/aromatic N) is 1. The number of allylic oxidation sites excluding steroid dienone is 1. The van der Waals surface area contributed by atoms with E-state index in [1.54, 1.807) is 31.6 Å². The van der Waals surface area contributed by atoms with Crippen molar-refractivity contribution in [1.82, 2.24) is 4.57 Å². The summed E-state index contributed by atoms with van der Waals surface area (Å²) in [6, 6.07) is 10.9. The van der Waals surface area contributed by atoms with Gasteiger partial charge in [-0.1, -0.05) is 18.7 Å². The molecule has 0 unspecified atom stereocenters. The van der Waals surface area contributed by atoms with Crippen LogP contribution in [0.5, 0.6) is 5.75 Å². The molecule has 0 spiro atoms. The fraction of sp³-hybridized carbons (Fsp3) is 0.0714. The van der Waals surface area contributed by atoms with Crippen LogP contribution in [-0.2, 0) is 0 Å². The number of hydrogen-bond donors (Lipinski definition) is 0. The van der Waals surface area contributed by atoms with Gasteiger partial charge in [0.2, 0.25) is 0 Å². The summed E-state index contributed by atoms with van der Waals surface area (Å²) < 4.78 is 6.57. The highest BCUT2D eigenvalue weighted by atomic mass is 16.5. The van der Waals surface area contributed by atoms with Crippen LogP contribution < -0.4 is 4.74 Å². The smallest absolute Gasteiger partial charge is 0.261 e. The monoisotopic (exact) mass is 227 g/mol. The van der Waals surface area contributed by atoms with Gasteiger partial charge in [0.25, 0.3) is 5.91 Å². The van der Waals surface area contributed by atoms with Crippen molar-refractivity contribution in [2.75, 3.05) is 7.11 Å². The third-order valence-electron chi connectivity index (χ3n) is 2.54. The molecule has 86 valence electrons. The molecule has 1 heterocycles. The van der Waals surface area contributed by atoms with Crippen molar-refractivity contribution in [2.24, 2.45) is 0 Å². The Balaban J connectivity index is 2.22. The average Bonchev–Trinajstić information content (AvgIpc) is 2.91. The Morgan fingerprint density at radius 3 is 2.29 bits per heavy atom. The summed E-state index contributed by atoms with van der Waals surface area (Å²) in [5, 5.41) is 0. The van der Waals surface area contributed by atoms with Crippen LogP contribution in [0.3, 0.4) is 0 Å². The molecule has 0 aliphatic heterocycles. The van der Waals surface area contributed by atoms with Crippen molar-refractivity contribution in [1.29, 1.82) is 0 Å². The molecular weight excluding hydrogens is 214 g/mol. The highest BCUT2D eigenvalue weighted by molar-refractivity contribution is 6.19. The van der Waals surface area contributed by atoms with Crippen LogP contribution in [0.4, 0.5) is 0 Å². The van der Waals surface area contributed by atoms with Crippen LogP contribution in [0.15, 0.2) is 55.4 Å². The molecule has 3 heteroatoms. The van der Waals surface area contributed by atoms with Crippen LogP contribution in [0, 0.1) is 0 Å². The highest BCUT2D eigenvalue weighted by Crippen LogP contribution is 2.18. The zero-order valence-electron chi connectivity index (χ0n) is 9.59. The maximum absolute atomic E-state index is 12.0. The average molecular weight is 227 g/mol. The Kier molecular flexibility index (Phi) is 3.10. The highest BCUT2D eigenvalue weighted by Gasteiger charge is 2.10. The van der Waals surface area contributed by atoms with Crippen molar-refractivity contribution in [3.05, 3.63) is 60.9 Å². The summed E-state index contributed by atoms with van der Waals surface area (Å²) in [6.07, 6.45) is 3.41. The fourth-order valence-corrected chi connectivity index (χ4v) is 1.54. The van der Waals surface area contributed by atoms with E-state index in [-0.39, 0.29) is 5.91 Å². The first-order valence-corrected chi connectivity index (χ1v) is 5.23. The molecule has 17 heavy (non-hydrogen) atoms. The standard InChI is InChI=1S/C14H13NO2/c1-11(14(16)15-9-3-4-10-15)12-5-7-13(17-2)8-6-12/h3-10H,1H2,2H3. The summed E-state index contributed by atoms with van der Waals surface area (Å²) in [5.74, 6) is 0.634. The maximum atomic E-state index is 12.0. The number of carbonyl (C=O) groups excluding carboxylic acids is 1. The van der Waals surface area contributed by atoms with Gasteiger partial charge in [-0.2, -0.15) is 0 Å². The van der Waals surface area contributed by atoms with E-state index in [2.05, 4.69) is 6.58 Å². The first-order chi connectivity index (χ1) is 8.22. The molecule has 2 aromatic rings. The Morgan fingerprint density at radius 2 is 1.76 bits per heavy atom. The van der Waals surface area contributed by atoms with Crippen molar-refractivity contribution in [3.63, 3.8) is 0 Å². The lowest BCUT2D eigenvalue weighted by Gasteiger charge is -2.06. The van der Waals surface area contributed by atoms with Gasteiger partial charge in [0, 0.05) is 18.0 Å². The van der Waals surface area contributed by atoms with Crippen molar-refractivity contribution in [2.45, 2.75) is 0 Å². The molecule has 0 fully saturated rings. The molecule has 3 nitrogen and oxygen atoms in total. The molecule has 0 saturated heterocycles. The largest absolute Gasteiger partial charge is 0.497 e. The molecular formula is C14H13NO2. The van der Waals surface area contributed by atoms with E-state index < -0.39 is 0 Å². The van der Waals surface area contributed by atoms with E-state index in [9.17, 15) is 4.79 Å². The fourth-order valence-electron chi connectivity index (χ4n) is 1.54. The molecule has 0 amide bonds. The Morgan fingerprint density at radius 1 is 1.18 bits per heavy atom. The van der Waals surface area contributed by atoms with Gasteiger partial charge in [-0.3, -0.25) is 9.36 Å². The lowest BCUT2D eigenvalue weighted by molar-refractivity contribution is 0.0980. The molecule has 0 atom stereocenters. The SMILES string of the molecule is C=C(C(=O)n1cccc1)c1ccc(OC)cc1. The quantitative estimate of drug-likeness (QED) is 0.755. The van der Waals surface area contributed by atoms with Gasteiger partial charge in [0.1, 0.15) is 5.75 Å². The van der Waals surface area contributed by atoms with Crippen LogP contribution >= 0.6 is 0 Å². The molecule has 2 rings (SSSR count). The van der Waals surface area contributed by atoms with Gasteiger partial charge < -0.3 is 4.74 Å². The van der Waals surface area contributed by atoms with Crippen LogP contribution in [-0.4, -0.2) is 17.6 Å². The third kappa shape index (κ3) is 2.28. The topological polar surface area (TPSA) is 31.2 Å². The molecule has 1 aromatic heterocycles. The molecule has 0 radical (unpaired) electrons. The molecule has 1 aromatic carbocycles. The number of methoxy groups -OCH3 is 1. The van der Waals surface area contributed by atoms with Crippen LogP contribution in [0.2, 0.25) is 0 Å². The number of ether oxygens (including phenoxy) is 1. The van der Waals surface area contributed by atoms with Gasteiger partial charge in [0.05, 0.1) is 7.11 Å². The molecule has 0 bridgehead atoms. The number of benzene rings is 1. The van der Waals surface area contributed by atoms with Gasteiger partial charge in [-0.25, -0.2) is 0 Å². The Bertz CT molecular complexity index is 524. The number of carbonyl (C=O) groups is 1. The summed E-state index contributed by atoms with van der Waals surface area (Å²) in [5.41, 5.74) is 1.26. The Hall–Kier alpha value is -2.29. The molecule has 0 aliphatic carbocycles. The van der Waals surface area contributed by atoms with Crippen molar-refractivity contribution >= 4 is 11.5 Å². The van der Waals surface area contributed by atoms with E-state index >= 15 is 0 Å². The molecule has 0 aliphatic rings. The van der Waals surface area contributed by atoms with Crippen molar-refractivity contribution < 1.29 is 9.53 Å². The number of rotatable bonds is 3. The lowest BCUT2D eigenvalue weighted by Crippen LogP contribution is -2.09. The summed E-state index contributed by atoms with van der Waals surface area (Å²) in [4.78, 5) is 12.0. The van der Waals surface area contributed by atoms with Gasteiger partial charge in [-0.05, 0) is 29.8 Å². The van der Waals surface area contributed by atoms with E-state index in [0.29, 0.717) is 5.57 Å². The second kappa shape index (κ2) is 4.70. The summed E-state index contributed by atoms with van der Waals surface area (Å²) in [7, 11) is 1.61. The van der Waals surface area contributed by atoms with Crippen LogP contribution in [0.1, 0.15) is 10.4 Å². The number of aromatic nitrogens is 1. The summed E-state index contributed by atoms with van der Waals surface area (Å²) in [6.45, 7) is 3.83. The first kappa shape index (κ1) is 11.2. The zero-order chi connectivity index (χ0) is 12.3. The van der Waals surface area contributed by atoms with E-state index in [1.807, 2.05) is 24.3 Å². The van der Waals surface area contributed by atoms with E-state index in [4.69, 9.17) is 4.74 Å². The minimum Gasteiger partial charge on any atom is -0.497 e. The maximum Gasteiger partial charge on any atom is 0.261 e. The zero-order valence-corrected chi connectivity index (χ0v) is 9.59. The predicted molar refractivity (Wildman–Crippen MR) is 67.1 cm³/mol. The summed E-state index contributed by atoms with van der Waals surface area (Å²) >= 11 is 0. The van der Waals surface area contributed by atoms with Crippen molar-refractivity contribution in [3.8, 4) is 5.75 Å². The predicted octanol–water partition coefficient (Wildman–Crippen LogP) is 2.85. The normalized spacial score (nSPS) is 9.94. The minimum absolute atomic E-state index is 0.125. The van der Waals surface area contributed by atoms with E-state index in [0.717, 1.165) is 11.3 Å².